The van der Waals surface area contributed by atoms with Crippen LogP contribution in [-0.2, 0) is 19.0 Å². The Morgan fingerprint density at radius 1 is 0.951 bits per heavy atom. The van der Waals surface area contributed by atoms with E-state index in [2.05, 4.69) is 19.0 Å². The van der Waals surface area contributed by atoms with E-state index in [-0.39, 0.29) is 25.8 Å². The van der Waals surface area contributed by atoms with Crippen molar-refractivity contribution in [3.05, 3.63) is 70.9 Å². The van der Waals surface area contributed by atoms with Gasteiger partial charge in [-0.1, -0.05) is 18.2 Å². The van der Waals surface area contributed by atoms with Crippen LogP contribution in [0.2, 0.25) is 0 Å². The second-order valence-electron chi connectivity index (χ2n) is 9.32. The Bertz CT molecular complexity index is 1530. The summed E-state index contributed by atoms with van der Waals surface area (Å²) in [5.41, 5.74) is -1.00. The number of amides is 2. The maximum absolute atomic E-state index is 13.2. The molecule has 3 heterocycles. The molecule has 2 aromatic carbocycles. The van der Waals surface area contributed by atoms with E-state index in [4.69, 9.17) is 4.74 Å². The summed E-state index contributed by atoms with van der Waals surface area (Å²) >= 11 is 0.962. The molecule has 0 radical (unpaired) electrons. The number of carbonyl (C=O) groups excluding carboxylic acids is 1. The van der Waals surface area contributed by atoms with E-state index < -0.39 is 35.2 Å². The first-order valence-electron chi connectivity index (χ1n) is 12.3. The number of fused-ring (bicyclic) bond motifs is 1. The van der Waals surface area contributed by atoms with Gasteiger partial charge in [-0.25, -0.2) is 4.79 Å². The summed E-state index contributed by atoms with van der Waals surface area (Å²) in [6, 6.07) is 9.76. The fourth-order valence-electron chi connectivity index (χ4n) is 4.47. The molecule has 1 saturated heterocycles. The molecule has 5 rings (SSSR count). The zero-order valence-electron chi connectivity index (χ0n) is 21.4. The molecule has 0 aliphatic carbocycles. The molecule has 1 fully saturated rings. The van der Waals surface area contributed by atoms with E-state index in [1.54, 1.807) is 0 Å². The van der Waals surface area contributed by atoms with E-state index in [0.717, 1.165) is 33.9 Å². The first-order valence-corrected chi connectivity index (χ1v) is 13.0. The van der Waals surface area contributed by atoms with Crippen LogP contribution in [-0.4, -0.2) is 50.8 Å². The Morgan fingerprint density at radius 2 is 1.61 bits per heavy atom. The highest BCUT2D eigenvalue weighted by atomic mass is 32.1. The highest BCUT2D eigenvalue weighted by molar-refractivity contribution is 6.99. The van der Waals surface area contributed by atoms with E-state index in [1.807, 2.05) is 42.2 Å². The van der Waals surface area contributed by atoms with Crippen LogP contribution in [0.3, 0.4) is 0 Å². The van der Waals surface area contributed by atoms with E-state index >= 15 is 0 Å². The maximum atomic E-state index is 13.2. The number of aromatic nitrogens is 3. The van der Waals surface area contributed by atoms with Crippen molar-refractivity contribution in [2.45, 2.75) is 25.9 Å². The van der Waals surface area contributed by atoms with Crippen LogP contribution in [0.4, 0.5) is 42.6 Å². The minimum Gasteiger partial charge on any atom is -0.470 e. The number of para-hydroxylation sites is 1. The van der Waals surface area contributed by atoms with Crippen LogP contribution in [0.15, 0.2) is 48.5 Å². The number of hydrogen-bond donors (Lipinski definition) is 1. The van der Waals surface area contributed by atoms with Gasteiger partial charge in [0.25, 0.3) is 5.88 Å². The van der Waals surface area contributed by atoms with E-state index in [9.17, 15) is 31.1 Å². The Kier molecular flexibility index (Phi) is 7.64. The molecule has 0 unspecified atom stereocenters. The summed E-state index contributed by atoms with van der Waals surface area (Å²) in [6.45, 7) is 2.99. The summed E-state index contributed by atoms with van der Waals surface area (Å²) in [5, 5.41) is 3.12. The van der Waals surface area contributed by atoms with Crippen molar-refractivity contribution in [2.24, 2.45) is 0 Å². The van der Waals surface area contributed by atoms with E-state index in [1.165, 1.54) is 4.90 Å². The number of nitrogens with zero attached hydrogens (tertiary/aromatic N) is 5. The van der Waals surface area contributed by atoms with Gasteiger partial charge in [0.2, 0.25) is 5.82 Å². The molecular formula is C26H22F6N6O2S. The third kappa shape index (κ3) is 6.45. The van der Waals surface area contributed by atoms with Crippen LogP contribution in [0.5, 0.6) is 5.88 Å². The van der Waals surface area contributed by atoms with Gasteiger partial charge in [0.05, 0.1) is 28.4 Å². The van der Waals surface area contributed by atoms with Crippen LogP contribution in [0.1, 0.15) is 22.4 Å². The third-order valence-electron chi connectivity index (χ3n) is 6.44. The lowest BCUT2D eigenvalue weighted by molar-refractivity contribution is -0.143. The lowest BCUT2D eigenvalue weighted by atomic mass is 10.1. The summed E-state index contributed by atoms with van der Waals surface area (Å²) in [4.78, 5) is 20.4. The largest absolute Gasteiger partial charge is 0.470 e. The molecule has 8 nitrogen and oxygen atoms in total. The number of carbonyl (C=O) groups is 1. The molecule has 0 atom stereocenters. The third-order valence-corrected chi connectivity index (χ3v) is 6.94. The van der Waals surface area contributed by atoms with Crippen molar-refractivity contribution in [1.29, 1.82) is 0 Å². The molecule has 216 valence electrons. The Hall–Kier alpha value is -4.14. The maximum Gasteiger partial charge on any atom is 0.416 e. The Labute approximate surface area is 233 Å². The standard InChI is InChI=1S/C26H22F6N6O2S/c1-15-10-16(20-4-2-3-5-21(20)33-15)14-40-23-22(35-41-36-23)37-6-8-38(9-7-37)24(39)34-19-12-17(25(27,28)29)11-18(13-19)26(30,31)32/h2-5,10-13H,6-9,14H2,1H3,(H,34,39). The van der Waals surface area contributed by atoms with Crippen LogP contribution in [0, 0.1) is 6.92 Å². The second-order valence-corrected chi connectivity index (χ2v) is 9.85. The van der Waals surface area contributed by atoms with Crippen molar-refractivity contribution >= 4 is 40.2 Å². The zero-order valence-corrected chi connectivity index (χ0v) is 22.2. The van der Waals surface area contributed by atoms with Gasteiger partial charge in [-0.3, -0.25) is 4.98 Å². The molecule has 15 heteroatoms. The molecule has 4 aromatic rings. The molecule has 2 aromatic heterocycles. The van der Waals surface area contributed by atoms with Gasteiger partial charge in [-0.15, -0.1) is 4.37 Å². The molecule has 41 heavy (non-hydrogen) atoms. The summed E-state index contributed by atoms with van der Waals surface area (Å²) < 4.78 is 93.5. The minimum atomic E-state index is -5.02. The fourth-order valence-corrected chi connectivity index (χ4v) is 4.99. The highest BCUT2D eigenvalue weighted by Crippen LogP contribution is 2.37. The van der Waals surface area contributed by atoms with Crippen LogP contribution < -0.4 is 15.0 Å². The SMILES string of the molecule is Cc1cc(COc2nsnc2N2CCN(C(=O)Nc3cc(C(F)(F)F)cc(C(F)(F)F)c3)CC2)c2ccccc2n1. The number of aryl methyl sites for hydroxylation is 1. The van der Waals surface area contributed by atoms with Crippen LogP contribution in [0.25, 0.3) is 10.9 Å². The Morgan fingerprint density at radius 3 is 2.27 bits per heavy atom. The normalized spacial score (nSPS) is 14.4. The van der Waals surface area contributed by atoms with Gasteiger partial charge >= 0.3 is 18.4 Å². The van der Waals surface area contributed by atoms with Crippen LogP contribution >= 0.6 is 11.7 Å². The van der Waals surface area contributed by atoms with Crippen molar-refractivity contribution in [2.75, 3.05) is 36.4 Å². The number of hydrogen-bond acceptors (Lipinski definition) is 7. The number of benzene rings is 2. The summed E-state index contributed by atoms with van der Waals surface area (Å²) in [5.74, 6) is 0.799. The summed E-state index contributed by atoms with van der Waals surface area (Å²) in [6.07, 6.45) is -10.0. The minimum absolute atomic E-state index is 0.00823. The smallest absolute Gasteiger partial charge is 0.416 e. The second kappa shape index (κ2) is 11.0. The number of nitrogens with one attached hydrogen (secondary N) is 1. The summed E-state index contributed by atoms with van der Waals surface area (Å²) in [7, 11) is 0. The predicted molar refractivity (Wildman–Crippen MR) is 140 cm³/mol. The average Bonchev–Trinajstić information content (AvgIpc) is 3.39. The molecule has 1 aliphatic rings. The van der Waals surface area contributed by atoms with Gasteiger partial charge in [0, 0.05) is 48.5 Å². The quantitative estimate of drug-likeness (QED) is 0.270. The number of piperazine rings is 1. The van der Waals surface area contributed by atoms with Gasteiger partial charge in [-0.2, -0.15) is 30.7 Å². The molecule has 0 bridgehead atoms. The topological polar surface area (TPSA) is 83.5 Å². The molecule has 0 saturated carbocycles. The van der Waals surface area contributed by atoms with Crippen molar-refractivity contribution < 1.29 is 35.9 Å². The number of alkyl halides is 6. The van der Waals surface area contributed by atoms with Gasteiger partial charge in [0.15, 0.2) is 0 Å². The molecular weight excluding hydrogens is 574 g/mol. The van der Waals surface area contributed by atoms with Crippen molar-refractivity contribution in [3.8, 4) is 5.88 Å². The number of urea groups is 1. The number of ether oxygens (including phenoxy) is 1. The van der Waals surface area contributed by atoms with Gasteiger partial charge in [-0.05, 0) is 37.3 Å². The first kappa shape index (κ1) is 28.4. The van der Waals surface area contributed by atoms with Gasteiger partial charge < -0.3 is 19.9 Å². The first-order chi connectivity index (χ1) is 19.4. The van der Waals surface area contributed by atoms with Gasteiger partial charge in [0.1, 0.15) is 6.61 Å². The molecule has 1 N–H and O–H groups in total. The average molecular weight is 597 g/mol. The number of anilines is 2. The monoisotopic (exact) mass is 596 g/mol. The van der Waals surface area contributed by atoms with Crippen molar-refractivity contribution in [1.82, 2.24) is 18.6 Å². The number of pyridine rings is 1. The molecule has 2 amide bonds. The lowest BCUT2D eigenvalue weighted by Crippen LogP contribution is -2.50. The van der Waals surface area contributed by atoms with Crippen molar-refractivity contribution in [3.63, 3.8) is 0 Å². The van der Waals surface area contributed by atoms with E-state index in [0.29, 0.717) is 36.9 Å². The number of halogens is 6. The Balaban J connectivity index is 1.23. The molecule has 0 spiro atoms. The molecule has 1 aliphatic heterocycles. The number of rotatable bonds is 5. The predicted octanol–water partition coefficient (Wildman–Crippen LogP) is 6.37. The highest BCUT2D eigenvalue weighted by Gasteiger charge is 2.37. The fraction of sp³-hybridized carbons (Fsp3) is 0.308. The zero-order chi connectivity index (χ0) is 29.4. The lowest BCUT2D eigenvalue weighted by Gasteiger charge is -2.34.